The minimum atomic E-state index is -0.172. The Morgan fingerprint density at radius 3 is 2.59 bits per heavy atom. The van der Waals surface area contributed by atoms with Gasteiger partial charge in [0.15, 0.2) is 0 Å². The van der Waals surface area contributed by atoms with Gasteiger partial charge in [-0.2, -0.15) is 5.10 Å². The SMILES string of the molecule is CCc1ccc(OCc2cccc(C(=O)Nc3cnn(Cc4ccccc4C)c3)c2)cc1. The Bertz CT molecular complexity index is 1200. The second-order valence-corrected chi connectivity index (χ2v) is 7.79. The molecule has 0 spiro atoms. The topological polar surface area (TPSA) is 56.1 Å². The first-order valence-electron chi connectivity index (χ1n) is 10.8. The summed E-state index contributed by atoms with van der Waals surface area (Å²) < 4.78 is 7.69. The number of hydrogen-bond donors (Lipinski definition) is 1. The van der Waals surface area contributed by atoms with Crippen molar-refractivity contribution >= 4 is 11.6 Å². The second-order valence-electron chi connectivity index (χ2n) is 7.79. The van der Waals surface area contributed by atoms with E-state index in [-0.39, 0.29) is 5.91 Å². The van der Waals surface area contributed by atoms with Crippen molar-refractivity contribution in [1.82, 2.24) is 9.78 Å². The lowest BCUT2D eigenvalue weighted by Gasteiger charge is -2.09. The van der Waals surface area contributed by atoms with Gasteiger partial charge in [0.05, 0.1) is 18.4 Å². The third-order valence-corrected chi connectivity index (χ3v) is 5.41. The maximum atomic E-state index is 12.7. The number of nitrogens with zero attached hydrogens (tertiary/aromatic N) is 2. The van der Waals surface area contributed by atoms with Crippen LogP contribution < -0.4 is 10.1 Å². The van der Waals surface area contributed by atoms with Gasteiger partial charge in [-0.15, -0.1) is 0 Å². The quantitative estimate of drug-likeness (QED) is 0.398. The largest absolute Gasteiger partial charge is 0.489 e. The zero-order valence-corrected chi connectivity index (χ0v) is 18.4. The van der Waals surface area contributed by atoms with Crippen molar-refractivity contribution < 1.29 is 9.53 Å². The number of benzene rings is 3. The first-order chi connectivity index (χ1) is 15.6. The molecular weight excluding hydrogens is 398 g/mol. The van der Waals surface area contributed by atoms with E-state index in [1.165, 1.54) is 16.7 Å². The van der Waals surface area contributed by atoms with E-state index in [1.807, 2.05) is 53.3 Å². The van der Waals surface area contributed by atoms with E-state index in [9.17, 15) is 4.79 Å². The fraction of sp³-hybridized carbons (Fsp3) is 0.185. The number of anilines is 1. The van der Waals surface area contributed by atoms with Crippen LogP contribution in [0.2, 0.25) is 0 Å². The first kappa shape index (κ1) is 21.4. The number of ether oxygens (including phenoxy) is 1. The number of carbonyl (C=O) groups is 1. The molecule has 0 aliphatic heterocycles. The standard InChI is InChI=1S/C27H27N3O2/c1-3-21-11-13-26(14-12-21)32-19-22-8-6-10-23(15-22)27(31)29-25-16-28-30(18-25)17-24-9-5-4-7-20(24)2/h4-16,18H,3,17,19H2,1-2H3,(H,29,31). The molecule has 162 valence electrons. The maximum Gasteiger partial charge on any atom is 0.255 e. The van der Waals surface area contributed by atoms with E-state index in [2.05, 4.69) is 48.5 Å². The molecule has 0 bridgehead atoms. The minimum Gasteiger partial charge on any atom is -0.489 e. The molecule has 0 fully saturated rings. The molecule has 0 unspecified atom stereocenters. The average molecular weight is 426 g/mol. The molecule has 1 N–H and O–H groups in total. The smallest absolute Gasteiger partial charge is 0.255 e. The van der Waals surface area contributed by atoms with Gasteiger partial charge in [0.25, 0.3) is 5.91 Å². The van der Waals surface area contributed by atoms with E-state index in [4.69, 9.17) is 4.74 Å². The Morgan fingerprint density at radius 2 is 1.81 bits per heavy atom. The van der Waals surface area contributed by atoms with Crippen LogP contribution in [-0.4, -0.2) is 15.7 Å². The molecular formula is C27H27N3O2. The van der Waals surface area contributed by atoms with Crippen LogP contribution in [-0.2, 0) is 19.6 Å². The van der Waals surface area contributed by atoms with E-state index >= 15 is 0 Å². The molecule has 0 aliphatic rings. The van der Waals surface area contributed by atoms with Crippen LogP contribution in [0.15, 0.2) is 85.2 Å². The zero-order chi connectivity index (χ0) is 22.3. The van der Waals surface area contributed by atoms with Crippen LogP contribution in [0, 0.1) is 6.92 Å². The lowest BCUT2D eigenvalue weighted by molar-refractivity contribution is 0.102. The number of carbonyl (C=O) groups excluding carboxylic acids is 1. The fourth-order valence-corrected chi connectivity index (χ4v) is 3.47. The summed E-state index contributed by atoms with van der Waals surface area (Å²) in [5.41, 5.74) is 5.88. The van der Waals surface area contributed by atoms with Crippen molar-refractivity contribution in [2.45, 2.75) is 33.4 Å². The highest BCUT2D eigenvalue weighted by molar-refractivity contribution is 6.04. The van der Waals surface area contributed by atoms with Crippen LogP contribution in [0.3, 0.4) is 0 Å². The van der Waals surface area contributed by atoms with Gasteiger partial charge in [-0.3, -0.25) is 9.48 Å². The molecule has 0 aliphatic carbocycles. The third-order valence-electron chi connectivity index (χ3n) is 5.41. The lowest BCUT2D eigenvalue weighted by atomic mass is 10.1. The number of rotatable bonds is 8. The van der Waals surface area contributed by atoms with Crippen molar-refractivity contribution in [3.05, 3.63) is 113 Å². The predicted octanol–water partition coefficient (Wildman–Crippen LogP) is 5.63. The lowest BCUT2D eigenvalue weighted by Crippen LogP contribution is -2.12. The number of aryl methyl sites for hydroxylation is 2. The number of aromatic nitrogens is 2. The van der Waals surface area contributed by atoms with Gasteiger partial charge in [-0.05, 0) is 59.9 Å². The van der Waals surface area contributed by atoms with Crippen LogP contribution in [0.1, 0.15) is 39.5 Å². The molecule has 3 aromatic carbocycles. The summed E-state index contributed by atoms with van der Waals surface area (Å²) in [5, 5.41) is 7.30. The van der Waals surface area contributed by atoms with Crippen molar-refractivity contribution in [2.24, 2.45) is 0 Å². The summed E-state index contributed by atoms with van der Waals surface area (Å²) in [4.78, 5) is 12.7. The van der Waals surface area contributed by atoms with Crippen LogP contribution >= 0.6 is 0 Å². The highest BCUT2D eigenvalue weighted by Gasteiger charge is 2.09. The number of hydrogen-bond acceptors (Lipinski definition) is 3. The Kier molecular flexibility index (Phi) is 6.66. The van der Waals surface area contributed by atoms with Gasteiger partial charge in [-0.25, -0.2) is 0 Å². The van der Waals surface area contributed by atoms with Crippen LogP contribution in [0.5, 0.6) is 5.75 Å². The molecule has 5 nitrogen and oxygen atoms in total. The summed E-state index contributed by atoms with van der Waals surface area (Å²) >= 11 is 0. The fourth-order valence-electron chi connectivity index (χ4n) is 3.47. The summed E-state index contributed by atoms with van der Waals surface area (Å²) in [6.07, 6.45) is 4.52. The summed E-state index contributed by atoms with van der Waals surface area (Å²) in [6.45, 7) is 5.27. The van der Waals surface area contributed by atoms with Gasteiger partial charge in [0.1, 0.15) is 12.4 Å². The van der Waals surface area contributed by atoms with Crippen molar-refractivity contribution in [1.29, 1.82) is 0 Å². The van der Waals surface area contributed by atoms with E-state index in [0.29, 0.717) is 24.4 Å². The van der Waals surface area contributed by atoms with Crippen molar-refractivity contribution in [2.75, 3.05) is 5.32 Å². The normalized spacial score (nSPS) is 10.7. The Balaban J connectivity index is 1.36. The third kappa shape index (κ3) is 5.43. The predicted molar refractivity (Wildman–Crippen MR) is 127 cm³/mol. The van der Waals surface area contributed by atoms with Gasteiger partial charge in [0.2, 0.25) is 0 Å². The Labute approximate surface area is 188 Å². The van der Waals surface area contributed by atoms with Crippen molar-refractivity contribution in [3.63, 3.8) is 0 Å². The highest BCUT2D eigenvalue weighted by Crippen LogP contribution is 2.16. The molecule has 0 saturated carbocycles. The molecule has 32 heavy (non-hydrogen) atoms. The van der Waals surface area contributed by atoms with Gasteiger partial charge < -0.3 is 10.1 Å². The van der Waals surface area contributed by atoms with Gasteiger partial charge >= 0.3 is 0 Å². The first-order valence-corrected chi connectivity index (χ1v) is 10.8. The van der Waals surface area contributed by atoms with Crippen LogP contribution in [0.25, 0.3) is 0 Å². The number of nitrogens with one attached hydrogen (secondary N) is 1. The molecule has 4 rings (SSSR count). The Hall–Kier alpha value is -3.86. The van der Waals surface area contributed by atoms with Crippen molar-refractivity contribution in [3.8, 4) is 5.75 Å². The average Bonchev–Trinajstić information content (AvgIpc) is 3.26. The minimum absolute atomic E-state index is 0.172. The number of amides is 1. The summed E-state index contributed by atoms with van der Waals surface area (Å²) in [6, 6.07) is 23.8. The maximum absolute atomic E-state index is 12.7. The summed E-state index contributed by atoms with van der Waals surface area (Å²) in [7, 11) is 0. The zero-order valence-electron chi connectivity index (χ0n) is 18.4. The molecule has 1 aromatic heterocycles. The molecule has 0 saturated heterocycles. The molecule has 0 radical (unpaired) electrons. The van der Waals surface area contributed by atoms with E-state index in [0.717, 1.165) is 17.7 Å². The monoisotopic (exact) mass is 425 g/mol. The van der Waals surface area contributed by atoms with E-state index in [1.54, 1.807) is 12.3 Å². The molecule has 0 atom stereocenters. The van der Waals surface area contributed by atoms with E-state index < -0.39 is 0 Å². The summed E-state index contributed by atoms with van der Waals surface area (Å²) in [5.74, 6) is 0.646. The molecule has 5 heteroatoms. The second kappa shape index (κ2) is 9.96. The Morgan fingerprint density at radius 1 is 1.00 bits per heavy atom. The molecule has 4 aromatic rings. The van der Waals surface area contributed by atoms with Crippen LogP contribution in [0.4, 0.5) is 5.69 Å². The molecule has 1 heterocycles. The highest BCUT2D eigenvalue weighted by atomic mass is 16.5. The van der Waals surface area contributed by atoms with Gasteiger partial charge in [0, 0.05) is 11.8 Å². The van der Waals surface area contributed by atoms with Gasteiger partial charge in [-0.1, -0.05) is 55.5 Å². The molecule has 1 amide bonds.